The molecule has 7 nitrogen and oxygen atoms in total. The summed E-state index contributed by atoms with van der Waals surface area (Å²) in [7, 11) is -3.89. The van der Waals surface area contributed by atoms with Crippen molar-refractivity contribution in [3.63, 3.8) is 0 Å². The Bertz CT molecular complexity index is 1100. The summed E-state index contributed by atoms with van der Waals surface area (Å²) in [6, 6.07) is 13.8. The molecule has 3 aromatic rings. The molecule has 1 aliphatic heterocycles. The smallest absolute Gasteiger partial charge is 0.245 e. The van der Waals surface area contributed by atoms with Crippen LogP contribution in [0.5, 0.6) is 0 Å². The molecule has 1 atom stereocenters. The van der Waals surface area contributed by atoms with E-state index in [9.17, 15) is 13.2 Å². The molecule has 0 aliphatic carbocycles. The molecule has 1 aliphatic rings. The number of nitrogens with one attached hydrogen (secondary N) is 1. The highest BCUT2D eigenvalue weighted by atomic mass is 32.2. The van der Waals surface area contributed by atoms with Crippen molar-refractivity contribution in [3.05, 3.63) is 54.1 Å². The highest BCUT2D eigenvalue weighted by molar-refractivity contribution is 7.89. The van der Waals surface area contributed by atoms with Crippen LogP contribution in [0.3, 0.4) is 0 Å². The molecule has 0 saturated carbocycles. The Kier molecular flexibility index (Phi) is 5.89. The molecule has 4 rings (SSSR count). The quantitative estimate of drug-likeness (QED) is 0.689. The first-order valence-electron chi connectivity index (χ1n) is 9.62. The van der Waals surface area contributed by atoms with Gasteiger partial charge >= 0.3 is 0 Å². The Morgan fingerprint density at radius 3 is 2.66 bits per heavy atom. The fourth-order valence-corrected chi connectivity index (χ4v) is 6.07. The van der Waals surface area contributed by atoms with Crippen LogP contribution in [-0.4, -0.2) is 40.5 Å². The number of amides is 1. The molecule has 1 aromatic heterocycles. The first-order chi connectivity index (χ1) is 14.1. The lowest BCUT2D eigenvalue weighted by atomic mass is 10.0. The summed E-state index contributed by atoms with van der Waals surface area (Å²) < 4.78 is 37.4. The molecule has 1 amide bonds. The Balaban J connectivity index is 1.82. The number of rotatable bonds is 3. The number of benzene rings is 2. The third-order valence-electron chi connectivity index (χ3n) is 5.12. The molecule has 0 spiro atoms. The SMILES string of the molecule is O=C1CC(c2ccccc2)N(S(=O)(=O)c2cccc3nsnc23)CCCCCN1. The molecule has 29 heavy (non-hydrogen) atoms. The van der Waals surface area contributed by atoms with Crippen molar-refractivity contribution >= 4 is 38.7 Å². The van der Waals surface area contributed by atoms with Crippen LogP contribution < -0.4 is 5.32 Å². The first-order valence-corrected chi connectivity index (χ1v) is 11.8. The minimum Gasteiger partial charge on any atom is -0.356 e. The lowest BCUT2D eigenvalue weighted by Gasteiger charge is -2.32. The van der Waals surface area contributed by atoms with Gasteiger partial charge in [-0.25, -0.2) is 8.42 Å². The number of sulfonamides is 1. The molecule has 0 bridgehead atoms. The molecule has 1 unspecified atom stereocenters. The van der Waals surface area contributed by atoms with Crippen molar-refractivity contribution < 1.29 is 13.2 Å². The van der Waals surface area contributed by atoms with E-state index in [0.29, 0.717) is 24.1 Å². The van der Waals surface area contributed by atoms with E-state index >= 15 is 0 Å². The van der Waals surface area contributed by atoms with Crippen LogP contribution in [0.15, 0.2) is 53.4 Å². The van der Waals surface area contributed by atoms with Gasteiger partial charge in [0.25, 0.3) is 0 Å². The van der Waals surface area contributed by atoms with E-state index in [1.165, 1.54) is 4.31 Å². The van der Waals surface area contributed by atoms with Crippen LogP contribution in [0.1, 0.15) is 37.3 Å². The Morgan fingerprint density at radius 1 is 1.00 bits per heavy atom. The fourth-order valence-electron chi connectivity index (χ4n) is 3.67. The molecule has 0 radical (unpaired) electrons. The van der Waals surface area contributed by atoms with Gasteiger partial charge in [0.15, 0.2) is 0 Å². The Morgan fingerprint density at radius 2 is 1.83 bits per heavy atom. The highest BCUT2D eigenvalue weighted by Gasteiger charge is 2.35. The Labute approximate surface area is 174 Å². The van der Waals surface area contributed by atoms with Crippen molar-refractivity contribution in [2.75, 3.05) is 13.1 Å². The first kappa shape index (κ1) is 19.9. The maximum absolute atomic E-state index is 13.8. The molecule has 9 heteroatoms. The van der Waals surface area contributed by atoms with Gasteiger partial charge in [0.2, 0.25) is 15.9 Å². The Hall–Kier alpha value is -2.36. The van der Waals surface area contributed by atoms with Crippen LogP contribution >= 0.6 is 11.7 Å². The van der Waals surface area contributed by atoms with Crippen LogP contribution in [0.4, 0.5) is 0 Å². The van der Waals surface area contributed by atoms with Gasteiger partial charge in [-0.1, -0.05) is 42.8 Å². The molecule has 1 N–H and O–H groups in total. The van der Waals surface area contributed by atoms with Gasteiger partial charge < -0.3 is 5.32 Å². The van der Waals surface area contributed by atoms with Gasteiger partial charge in [-0.2, -0.15) is 13.1 Å². The molecule has 2 heterocycles. The summed E-state index contributed by atoms with van der Waals surface area (Å²) in [6.07, 6.45) is 2.48. The maximum atomic E-state index is 13.8. The van der Waals surface area contributed by atoms with Gasteiger partial charge in [0, 0.05) is 19.5 Å². The van der Waals surface area contributed by atoms with E-state index in [1.54, 1.807) is 18.2 Å². The van der Waals surface area contributed by atoms with E-state index in [0.717, 1.165) is 36.6 Å². The molecular weight excluding hydrogens is 408 g/mol. The second-order valence-corrected chi connectivity index (χ2v) is 9.43. The summed E-state index contributed by atoms with van der Waals surface area (Å²) in [5, 5.41) is 2.91. The second kappa shape index (κ2) is 8.56. The van der Waals surface area contributed by atoms with E-state index in [4.69, 9.17) is 0 Å². The zero-order valence-electron chi connectivity index (χ0n) is 15.8. The van der Waals surface area contributed by atoms with Crippen LogP contribution in [0.2, 0.25) is 0 Å². The zero-order valence-corrected chi connectivity index (χ0v) is 17.5. The van der Waals surface area contributed by atoms with Gasteiger partial charge in [0.05, 0.1) is 17.8 Å². The average molecular weight is 431 g/mol. The summed E-state index contributed by atoms with van der Waals surface area (Å²) in [5.41, 5.74) is 1.74. The summed E-state index contributed by atoms with van der Waals surface area (Å²) in [5.74, 6) is -0.144. The van der Waals surface area contributed by atoms with E-state index in [2.05, 4.69) is 14.1 Å². The van der Waals surface area contributed by atoms with Gasteiger partial charge in [0.1, 0.15) is 15.9 Å². The van der Waals surface area contributed by atoms with Crippen molar-refractivity contribution in [1.82, 2.24) is 18.4 Å². The van der Waals surface area contributed by atoms with E-state index < -0.39 is 16.1 Å². The van der Waals surface area contributed by atoms with Gasteiger partial charge in [-0.15, -0.1) is 0 Å². The molecule has 2 aromatic carbocycles. The predicted octanol–water partition coefficient (Wildman–Crippen LogP) is 3.11. The lowest BCUT2D eigenvalue weighted by molar-refractivity contribution is -0.122. The van der Waals surface area contributed by atoms with Crippen molar-refractivity contribution in [3.8, 4) is 0 Å². The number of nitrogens with zero attached hydrogens (tertiary/aromatic N) is 3. The fraction of sp³-hybridized carbons (Fsp3) is 0.350. The van der Waals surface area contributed by atoms with Crippen molar-refractivity contribution in [1.29, 1.82) is 0 Å². The number of hydrogen-bond donors (Lipinski definition) is 1. The van der Waals surface area contributed by atoms with Crippen molar-refractivity contribution in [2.45, 2.75) is 36.6 Å². The van der Waals surface area contributed by atoms with Crippen molar-refractivity contribution in [2.24, 2.45) is 0 Å². The van der Waals surface area contributed by atoms with E-state index in [-0.39, 0.29) is 17.2 Å². The van der Waals surface area contributed by atoms with E-state index in [1.807, 2.05) is 30.3 Å². The summed E-state index contributed by atoms with van der Waals surface area (Å²) in [4.78, 5) is 12.7. The normalized spacial score (nSPS) is 19.7. The summed E-state index contributed by atoms with van der Waals surface area (Å²) >= 11 is 0.994. The van der Waals surface area contributed by atoms with Gasteiger partial charge in [-0.05, 0) is 30.5 Å². The van der Waals surface area contributed by atoms with Crippen LogP contribution in [0, 0.1) is 0 Å². The summed E-state index contributed by atoms with van der Waals surface area (Å²) in [6.45, 7) is 0.972. The third kappa shape index (κ3) is 4.17. The standard InChI is InChI=1S/C20H22N4O3S2/c25-19-14-17(15-8-3-1-4-9-15)24(13-6-2-5-12-21-19)29(26,27)18-11-7-10-16-20(18)23-28-22-16/h1,3-4,7-11,17H,2,5-6,12-14H2,(H,21,25). The number of hydrogen-bond acceptors (Lipinski definition) is 6. The minimum atomic E-state index is -3.89. The van der Waals surface area contributed by atoms with Crippen LogP contribution in [0.25, 0.3) is 11.0 Å². The van der Waals surface area contributed by atoms with Gasteiger partial charge in [-0.3, -0.25) is 4.79 Å². The largest absolute Gasteiger partial charge is 0.356 e. The molecular formula is C20H22N4O3S2. The predicted molar refractivity (Wildman–Crippen MR) is 112 cm³/mol. The number of carbonyl (C=O) groups is 1. The molecule has 1 fully saturated rings. The topological polar surface area (TPSA) is 92.3 Å². The molecule has 152 valence electrons. The zero-order chi connectivity index (χ0) is 20.3. The highest BCUT2D eigenvalue weighted by Crippen LogP contribution is 2.33. The van der Waals surface area contributed by atoms with Crippen LogP contribution in [-0.2, 0) is 14.8 Å². The minimum absolute atomic E-state index is 0.0779. The second-order valence-electron chi connectivity index (χ2n) is 7.05. The number of fused-ring (bicyclic) bond motifs is 1. The number of carbonyl (C=O) groups excluding carboxylic acids is 1. The lowest BCUT2D eigenvalue weighted by Crippen LogP contribution is -2.39. The third-order valence-corrected chi connectivity index (χ3v) is 7.61. The number of aromatic nitrogens is 2. The molecule has 1 saturated heterocycles. The average Bonchev–Trinajstić information content (AvgIpc) is 3.21. The maximum Gasteiger partial charge on any atom is 0.245 e. The monoisotopic (exact) mass is 430 g/mol.